The zero-order valence-corrected chi connectivity index (χ0v) is 11.0. The molecule has 0 atom stereocenters. The van der Waals surface area contributed by atoms with Gasteiger partial charge < -0.3 is 9.88 Å². The fourth-order valence-corrected chi connectivity index (χ4v) is 1.89. The molecule has 1 aromatic heterocycles. The van der Waals surface area contributed by atoms with Gasteiger partial charge in [0.05, 0.1) is 10.6 Å². The molecule has 0 aliphatic heterocycles. The van der Waals surface area contributed by atoms with Gasteiger partial charge in [0.1, 0.15) is 0 Å². The van der Waals surface area contributed by atoms with E-state index in [-0.39, 0.29) is 10.7 Å². The first-order chi connectivity index (χ1) is 9.41. The Bertz CT molecular complexity index is 620. The molecule has 0 radical (unpaired) electrons. The lowest BCUT2D eigenvalue weighted by Crippen LogP contribution is -2.07. The van der Waals surface area contributed by atoms with Crippen molar-refractivity contribution in [2.75, 3.05) is 5.32 Å². The van der Waals surface area contributed by atoms with Crippen LogP contribution in [0.1, 0.15) is 5.56 Å². The predicted molar refractivity (Wildman–Crippen MR) is 72.2 cm³/mol. The Morgan fingerprint density at radius 1 is 1.40 bits per heavy atom. The molecule has 0 unspecified atom stereocenters. The van der Waals surface area contributed by atoms with Crippen LogP contribution < -0.4 is 5.32 Å². The molecule has 2 aromatic rings. The molecule has 0 amide bonds. The molecule has 106 valence electrons. The molecule has 0 fully saturated rings. The largest absolute Gasteiger partial charge is 0.417 e. The van der Waals surface area contributed by atoms with Gasteiger partial charge in [-0.1, -0.05) is 17.7 Å². The summed E-state index contributed by atoms with van der Waals surface area (Å²) in [6, 6.07) is 3.62. The SMILES string of the molecule is C=CCn1ccnc1Nc1ccc(Cl)c(C(F)(F)F)c1. The molecule has 20 heavy (non-hydrogen) atoms. The summed E-state index contributed by atoms with van der Waals surface area (Å²) in [4.78, 5) is 4.03. The minimum Gasteiger partial charge on any atom is -0.326 e. The molecule has 0 saturated heterocycles. The van der Waals surface area contributed by atoms with Crippen molar-refractivity contribution in [1.29, 1.82) is 0 Å². The molecule has 1 heterocycles. The minimum absolute atomic E-state index is 0.262. The molecule has 1 aromatic carbocycles. The monoisotopic (exact) mass is 301 g/mol. The van der Waals surface area contributed by atoms with Crippen LogP contribution in [-0.4, -0.2) is 9.55 Å². The van der Waals surface area contributed by atoms with Crippen molar-refractivity contribution in [3.05, 3.63) is 53.8 Å². The Morgan fingerprint density at radius 2 is 2.15 bits per heavy atom. The van der Waals surface area contributed by atoms with E-state index in [9.17, 15) is 13.2 Å². The second-order valence-electron chi connectivity index (χ2n) is 4.01. The van der Waals surface area contributed by atoms with Crippen LogP contribution in [0.5, 0.6) is 0 Å². The number of alkyl halides is 3. The molecular formula is C13H11ClF3N3. The fourth-order valence-electron chi connectivity index (χ4n) is 1.67. The summed E-state index contributed by atoms with van der Waals surface area (Å²) in [7, 11) is 0. The second-order valence-corrected chi connectivity index (χ2v) is 4.42. The van der Waals surface area contributed by atoms with Crippen molar-refractivity contribution in [3.8, 4) is 0 Å². The van der Waals surface area contributed by atoms with Gasteiger partial charge in [0.25, 0.3) is 0 Å². The van der Waals surface area contributed by atoms with E-state index in [4.69, 9.17) is 11.6 Å². The first kappa shape index (κ1) is 14.5. The molecule has 0 spiro atoms. The number of hydrogen-bond donors (Lipinski definition) is 1. The van der Waals surface area contributed by atoms with E-state index in [1.165, 1.54) is 12.1 Å². The van der Waals surface area contributed by atoms with Crippen molar-refractivity contribution in [1.82, 2.24) is 9.55 Å². The Balaban J connectivity index is 2.30. The third-order valence-corrected chi connectivity index (χ3v) is 2.90. The number of benzene rings is 1. The van der Waals surface area contributed by atoms with Crippen molar-refractivity contribution in [2.24, 2.45) is 0 Å². The summed E-state index contributed by atoms with van der Waals surface area (Å²) in [5.74, 6) is 0.431. The van der Waals surface area contributed by atoms with E-state index >= 15 is 0 Å². The van der Waals surface area contributed by atoms with Gasteiger partial charge in [-0.25, -0.2) is 4.98 Å². The number of nitrogens with one attached hydrogen (secondary N) is 1. The predicted octanol–water partition coefficient (Wildman–Crippen LogP) is 4.48. The number of nitrogens with zero attached hydrogens (tertiary/aromatic N) is 2. The Morgan fingerprint density at radius 3 is 2.80 bits per heavy atom. The van der Waals surface area contributed by atoms with Gasteiger partial charge >= 0.3 is 6.18 Å². The van der Waals surface area contributed by atoms with Crippen LogP contribution in [0.2, 0.25) is 5.02 Å². The highest BCUT2D eigenvalue weighted by atomic mass is 35.5. The molecule has 0 saturated carbocycles. The summed E-state index contributed by atoms with van der Waals surface area (Å²) in [6.45, 7) is 4.10. The first-order valence-corrected chi connectivity index (χ1v) is 6.05. The van der Waals surface area contributed by atoms with Crippen molar-refractivity contribution >= 4 is 23.2 Å². The summed E-state index contributed by atoms with van der Waals surface area (Å²) < 4.78 is 40.0. The average Bonchev–Trinajstić information content (AvgIpc) is 2.78. The number of imidazole rings is 1. The van der Waals surface area contributed by atoms with Crippen LogP contribution in [0.15, 0.2) is 43.2 Å². The molecular weight excluding hydrogens is 291 g/mol. The second kappa shape index (κ2) is 5.58. The van der Waals surface area contributed by atoms with Crippen molar-refractivity contribution < 1.29 is 13.2 Å². The molecule has 0 aliphatic rings. The van der Waals surface area contributed by atoms with E-state index in [1.807, 2.05) is 0 Å². The summed E-state index contributed by atoms with van der Waals surface area (Å²) in [5, 5.41) is 2.49. The van der Waals surface area contributed by atoms with Crippen LogP contribution in [0.25, 0.3) is 0 Å². The molecule has 7 heteroatoms. The quantitative estimate of drug-likeness (QED) is 0.844. The van der Waals surface area contributed by atoms with E-state index in [1.54, 1.807) is 23.0 Å². The lowest BCUT2D eigenvalue weighted by Gasteiger charge is -2.12. The van der Waals surface area contributed by atoms with Gasteiger partial charge in [-0.05, 0) is 18.2 Å². The molecule has 0 aliphatic carbocycles. The highest BCUT2D eigenvalue weighted by Gasteiger charge is 2.33. The van der Waals surface area contributed by atoms with E-state index in [0.29, 0.717) is 12.5 Å². The number of anilines is 2. The van der Waals surface area contributed by atoms with Gasteiger partial charge in [-0.15, -0.1) is 6.58 Å². The Hall–Kier alpha value is -1.95. The van der Waals surface area contributed by atoms with Crippen LogP contribution in [-0.2, 0) is 12.7 Å². The minimum atomic E-state index is -4.49. The molecule has 1 N–H and O–H groups in total. The molecule has 2 rings (SSSR count). The number of rotatable bonds is 4. The number of aromatic nitrogens is 2. The van der Waals surface area contributed by atoms with E-state index in [0.717, 1.165) is 6.07 Å². The van der Waals surface area contributed by atoms with Crippen LogP contribution in [0.4, 0.5) is 24.8 Å². The standard InChI is InChI=1S/C13H11ClF3N3/c1-2-6-20-7-5-18-12(20)19-9-3-4-11(14)10(8-9)13(15,16)17/h2-5,7-8H,1,6H2,(H,18,19). The maximum absolute atomic E-state index is 12.8. The normalized spacial score (nSPS) is 11.4. The molecule has 0 bridgehead atoms. The maximum atomic E-state index is 12.8. The average molecular weight is 302 g/mol. The molecule has 3 nitrogen and oxygen atoms in total. The van der Waals surface area contributed by atoms with E-state index < -0.39 is 11.7 Å². The zero-order chi connectivity index (χ0) is 14.8. The van der Waals surface area contributed by atoms with Crippen LogP contribution in [0, 0.1) is 0 Å². The summed E-state index contributed by atoms with van der Waals surface area (Å²) in [5.41, 5.74) is -0.621. The van der Waals surface area contributed by atoms with Gasteiger partial charge in [-0.3, -0.25) is 0 Å². The van der Waals surface area contributed by atoms with Crippen molar-refractivity contribution in [3.63, 3.8) is 0 Å². The summed E-state index contributed by atoms with van der Waals surface area (Å²) >= 11 is 5.56. The van der Waals surface area contributed by atoms with Gasteiger partial charge in [0, 0.05) is 24.6 Å². The van der Waals surface area contributed by atoms with Crippen molar-refractivity contribution in [2.45, 2.75) is 12.7 Å². The highest BCUT2D eigenvalue weighted by molar-refractivity contribution is 6.31. The Kier molecular flexibility index (Phi) is 4.04. The fraction of sp³-hybridized carbons (Fsp3) is 0.154. The number of halogens is 4. The third-order valence-electron chi connectivity index (χ3n) is 2.57. The van der Waals surface area contributed by atoms with Gasteiger partial charge in [0.15, 0.2) is 0 Å². The van der Waals surface area contributed by atoms with E-state index in [2.05, 4.69) is 16.9 Å². The van der Waals surface area contributed by atoms with Gasteiger partial charge in [0.2, 0.25) is 5.95 Å². The van der Waals surface area contributed by atoms with Gasteiger partial charge in [-0.2, -0.15) is 13.2 Å². The lowest BCUT2D eigenvalue weighted by molar-refractivity contribution is -0.137. The number of hydrogen-bond acceptors (Lipinski definition) is 2. The topological polar surface area (TPSA) is 29.9 Å². The smallest absolute Gasteiger partial charge is 0.326 e. The first-order valence-electron chi connectivity index (χ1n) is 5.67. The maximum Gasteiger partial charge on any atom is 0.417 e. The Labute approximate surface area is 118 Å². The highest BCUT2D eigenvalue weighted by Crippen LogP contribution is 2.36. The number of allylic oxidation sites excluding steroid dienone is 1. The summed E-state index contributed by atoms with van der Waals surface area (Å²) in [6.07, 6.45) is 0.415. The zero-order valence-electron chi connectivity index (χ0n) is 10.3. The van der Waals surface area contributed by atoms with Crippen LogP contribution in [0.3, 0.4) is 0 Å². The third kappa shape index (κ3) is 3.14. The van der Waals surface area contributed by atoms with Crippen LogP contribution >= 0.6 is 11.6 Å². The lowest BCUT2D eigenvalue weighted by atomic mass is 10.2.